The summed E-state index contributed by atoms with van der Waals surface area (Å²) < 4.78 is 0. The van der Waals surface area contributed by atoms with Gasteiger partial charge in [0.25, 0.3) is 0 Å². The van der Waals surface area contributed by atoms with Crippen molar-refractivity contribution in [2.45, 2.75) is 56.9 Å². The Morgan fingerprint density at radius 3 is 2.33 bits per heavy atom. The van der Waals surface area contributed by atoms with Crippen LogP contribution in [0.25, 0.3) is 0 Å². The number of unbranched alkanes of at least 4 members (excludes halogenated alkanes) is 1. The van der Waals surface area contributed by atoms with E-state index >= 15 is 0 Å². The standard InChI is InChI=1S/C10H23BN2O2.CO2/c12-9-5-4-8(7-9)10(13)3-1-2-6-11(14)15;2-1-3/h8-10,14-15H,1-7,12-13H2;/t8?,9-,10-;/m1./s1. The van der Waals surface area contributed by atoms with Crippen LogP contribution >= 0.6 is 0 Å². The molecule has 1 aliphatic rings. The van der Waals surface area contributed by atoms with Crippen LogP contribution in [-0.2, 0) is 9.59 Å². The molecule has 0 aromatic rings. The van der Waals surface area contributed by atoms with Gasteiger partial charge in [-0.1, -0.05) is 12.8 Å². The second-order valence-corrected chi connectivity index (χ2v) is 4.85. The average Bonchev–Trinajstić information content (AvgIpc) is 2.72. The van der Waals surface area contributed by atoms with E-state index in [0.29, 0.717) is 18.3 Å². The summed E-state index contributed by atoms with van der Waals surface area (Å²) in [5.74, 6) is 0.582. The Morgan fingerprint density at radius 2 is 1.89 bits per heavy atom. The molecule has 0 radical (unpaired) electrons. The minimum Gasteiger partial charge on any atom is -0.427 e. The maximum Gasteiger partial charge on any atom is 0.451 e. The highest BCUT2D eigenvalue weighted by molar-refractivity contribution is 6.40. The van der Waals surface area contributed by atoms with Crippen LogP contribution in [0.1, 0.15) is 38.5 Å². The van der Waals surface area contributed by atoms with Crippen molar-refractivity contribution in [2.24, 2.45) is 17.4 Å². The van der Waals surface area contributed by atoms with Crippen molar-refractivity contribution in [3.05, 3.63) is 0 Å². The van der Waals surface area contributed by atoms with E-state index in [1.54, 1.807) is 0 Å². The fraction of sp³-hybridized carbons (Fsp3) is 0.909. The monoisotopic (exact) mass is 258 g/mol. The Bertz CT molecular complexity index is 247. The van der Waals surface area contributed by atoms with Crippen LogP contribution in [0.3, 0.4) is 0 Å². The third kappa shape index (κ3) is 8.39. The lowest BCUT2D eigenvalue weighted by Gasteiger charge is -2.18. The van der Waals surface area contributed by atoms with Crippen LogP contribution in [0, 0.1) is 5.92 Å². The summed E-state index contributed by atoms with van der Waals surface area (Å²) >= 11 is 0. The van der Waals surface area contributed by atoms with Crippen molar-refractivity contribution in [3.63, 3.8) is 0 Å². The van der Waals surface area contributed by atoms with E-state index < -0.39 is 7.12 Å². The maximum atomic E-state index is 8.67. The van der Waals surface area contributed by atoms with Crippen molar-refractivity contribution in [2.75, 3.05) is 0 Å². The zero-order valence-electron chi connectivity index (χ0n) is 10.6. The maximum absolute atomic E-state index is 8.67. The Balaban J connectivity index is 0.000000873. The van der Waals surface area contributed by atoms with E-state index in [0.717, 1.165) is 38.5 Å². The number of hydrogen-bond acceptors (Lipinski definition) is 6. The minimum absolute atomic E-state index is 0.245. The molecular formula is C11H23BN2O4. The zero-order chi connectivity index (χ0) is 14.0. The summed E-state index contributed by atoms with van der Waals surface area (Å²) in [5, 5.41) is 17.3. The summed E-state index contributed by atoms with van der Waals surface area (Å²) in [6.07, 6.45) is 6.82. The summed E-state index contributed by atoms with van der Waals surface area (Å²) in [6, 6.07) is 0.592. The van der Waals surface area contributed by atoms with Gasteiger partial charge in [-0.3, -0.25) is 0 Å². The van der Waals surface area contributed by atoms with Gasteiger partial charge in [0.1, 0.15) is 0 Å². The first-order chi connectivity index (χ1) is 8.51. The zero-order valence-corrected chi connectivity index (χ0v) is 10.6. The molecule has 6 N–H and O–H groups in total. The minimum atomic E-state index is -1.17. The van der Waals surface area contributed by atoms with Crippen molar-refractivity contribution < 1.29 is 19.6 Å². The van der Waals surface area contributed by atoms with Crippen molar-refractivity contribution in [3.8, 4) is 0 Å². The van der Waals surface area contributed by atoms with Gasteiger partial charge in [0.15, 0.2) is 0 Å². The molecule has 7 heteroatoms. The molecule has 0 spiro atoms. The molecule has 0 aromatic heterocycles. The average molecular weight is 258 g/mol. The summed E-state index contributed by atoms with van der Waals surface area (Å²) in [5.41, 5.74) is 11.9. The summed E-state index contributed by atoms with van der Waals surface area (Å²) in [4.78, 5) is 16.2. The van der Waals surface area contributed by atoms with Crippen LogP contribution in [-0.4, -0.2) is 35.4 Å². The van der Waals surface area contributed by atoms with Gasteiger partial charge in [-0.25, -0.2) is 0 Å². The predicted molar refractivity (Wildman–Crippen MR) is 67.1 cm³/mol. The van der Waals surface area contributed by atoms with Crippen LogP contribution in [0.2, 0.25) is 6.32 Å². The molecule has 0 aromatic carbocycles. The van der Waals surface area contributed by atoms with Gasteiger partial charge in [0.2, 0.25) is 0 Å². The fourth-order valence-corrected chi connectivity index (χ4v) is 2.38. The number of carbonyl (C=O) groups excluding carboxylic acids is 2. The normalized spacial score (nSPS) is 23.8. The quantitative estimate of drug-likeness (QED) is 0.376. The molecule has 3 atom stereocenters. The van der Waals surface area contributed by atoms with Gasteiger partial charge in [0.05, 0.1) is 0 Å². The van der Waals surface area contributed by atoms with E-state index in [2.05, 4.69) is 0 Å². The molecule has 0 aliphatic heterocycles. The van der Waals surface area contributed by atoms with Crippen molar-refractivity contribution >= 4 is 13.3 Å². The molecule has 0 heterocycles. The summed E-state index contributed by atoms with van der Waals surface area (Å²) in [7, 11) is -1.17. The molecule has 1 unspecified atom stereocenters. The molecule has 6 nitrogen and oxygen atoms in total. The molecule has 18 heavy (non-hydrogen) atoms. The number of hydrogen-bond donors (Lipinski definition) is 4. The van der Waals surface area contributed by atoms with Gasteiger partial charge in [0, 0.05) is 12.1 Å². The lowest BCUT2D eigenvalue weighted by Crippen LogP contribution is -2.29. The van der Waals surface area contributed by atoms with Crippen molar-refractivity contribution in [1.29, 1.82) is 0 Å². The van der Waals surface area contributed by atoms with E-state index in [1.807, 2.05) is 0 Å². The highest BCUT2D eigenvalue weighted by Gasteiger charge is 2.26. The SMILES string of the molecule is N[C@@H]1CCC([C@H](N)CCCCB(O)O)C1.O=C=O. The van der Waals surface area contributed by atoms with E-state index in [1.165, 1.54) is 0 Å². The molecule has 0 bridgehead atoms. The highest BCUT2D eigenvalue weighted by atomic mass is 16.4. The highest BCUT2D eigenvalue weighted by Crippen LogP contribution is 2.28. The van der Waals surface area contributed by atoms with Crippen LogP contribution in [0.15, 0.2) is 0 Å². The fourth-order valence-electron chi connectivity index (χ4n) is 2.38. The lowest BCUT2D eigenvalue weighted by atomic mass is 9.82. The van der Waals surface area contributed by atoms with Gasteiger partial charge < -0.3 is 21.5 Å². The first-order valence-corrected chi connectivity index (χ1v) is 6.37. The Labute approximate surface area is 108 Å². The first-order valence-electron chi connectivity index (χ1n) is 6.37. The molecule has 1 aliphatic carbocycles. The molecule has 104 valence electrons. The lowest BCUT2D eigenvalue weighted by molar-refractivity contribution is -0.191. The van der Waals surface area contributed by atoms with Crippen molar-refractivity contribution in [1.82, 2.24) is 0 Å². The summed E-state index contributed by atoms with van der Waals surface area (Å²) in [6.45, 7) is 0. The Kier molecular flexibility index (Phi) is 9.82. The molecule has 0 saturated heterocycles. The molecule has 0 amide bonds. The van der Waals surface area contributed by atoms with Crippen LogP contribution < -0.4 is 11.5 Å². The Hall–Kier alpha value is -0.715. The third-order valence-electron chi connectivity index (χ3n) is 3.37. The molecule has 1 saturated carbocycles. The number of nitrogens with two attached hydrogens (primary N) is 2. The third-order valence-corrected chi connectivity index (χ3v) is 3.37. The topological polar surface area (TPSA) is 127 Å². The largest absolute Gasteiger partial charge is 0.451 e. The molecular weight excluding hydrogens is 235 g/mol. The van der Waals surface area contributed by atoms with Gasteiger partial charge in [-0.05, 0) is 37.9 Å². The predicted octanol–water partition coefficient (Wildman–Crippen LogP) is -0.499. The van der Waals surface area contributed by atoms with Gasteiger partial charge >= 0.3 is 13.3 Å². The van der Waals surface area contributed by atoms with Gasteiger partial charge in [-0.15, -0.1) is 0 Å². The van der Waals surface area contributed by atoms with E-state index in [9.17, 15) is 0 Å². The van der Waals surface area contributed by atoms with E-state index in [-0.39, 0.29) is 12.2 Å². The first kappa shape index (κ1) is 17.3. The molecule has 1 fully saturated rings. The number of rotatable bonds is 6. The second kappa shape index (κ2) is 10.2. The van der Waals surface area contributed by atoms with Crippen LogP contribution in [0.4, 0.5) is 0 Å². The smallest absolute Gasteiger partial charge is 0.427 e. The second-order valence-electron chi connectivity index (χ2n) is 4.85. The molecule has 1 rings (SSSR count). The van der Waals surface area contributed by atoms with E-state index in [4.69, 9.17) is 31.1 Å². The van der Waals surface area contributed by atoms with Gasteiger partial charge in [-0.2, -0.15) is 9.59 Å². The Morgan fingerprint density at radius 1 is 1.28 bits per heavy atom. The van der Waals surface area contributed by atoms with Crippen LogP contribution in [0.5, 0.6) is 0 Å².